The van der Waals surface area contributed by atoms with Gasteiger partial charge in [0.15, 0.2) is 0 Å². The number of hydrogen-bond acceptors (Lipinski definition) is 6. The second-order valence-electron chi connectivity index (χ2n) is 4.67. The van der Waals surface area contributed by atoms with E-state index in [-0.39, 0.29) is 11.4 Å². The molecule has 0 aliphatic rings. The van der Waals surface area contributed by atoms with Gasteiger partial charge in [-0.3, -0.25) is 10.1 Å². The standard InChI is InChI=1S/C11H15N3O5/c1-6(15)11(2,3)13-9-8(10(16)17)4-7(5-12-9)14(18)19/h4-6,15H,1-3H3,(H,12,13)(H,16,17). The molecule has 8 nitrogen and oxygen atoms in total. The number of hydrogen-bond donors (Lipinski definition) is 3. The minimum absolute atomic E-state index is 0.0241. The molecule has 0 bridgehead atoms. The second kappa shape index (κ2) is 5.19. The maximum Gasteiger partial charge on any atom is 0.339 e. The van der Waals surface area contributed by atoms with Crippen LogP contribution < -0.4 is 5.32 Å². The second-order valence-corrected chi connectivity index (χ2v) is 4.67. The Labute approximate surface area is 109 Å². The largest absolute Gasteiger partial charge is 0.478 e. The van der Waals surface area contributed by atoms with Crippen LogP contribution in [0.25, 0.3) is 0 Å². The number of nitrogens with zero attached hydrogens (tertiary/aromatic N) is 2. The lowest BCUT2D eigenvalue weighted by molar-refractivity contribution is -0.385. The Morgan fingerprint density at radius 2 is 2.16 bits per heavy atom. The van der Waals surface area contributed by atoms with Crippen LogP contribution >= 0.6 is 0 Å². The molecule has 1 rings (SSSR count). The molecule has 0 amide bonds. The van der Waals surface area contributed by atoms with Crippen LogP contribution in [0, 0.1) is 10.1 Å². The van der Waals surface area contributed by atoms with Crippen molar-refractivity contribution >= 4 is 17.5 Å². The lowest BCUT2D eigenvalue weighted by Crippen LogP contribution is -2.42. The molecule has 1 atom stereocenters. The third kappa shape index (κ3) is 3.38. The fourth-order valence-electron chi connectivity index (χ4n) is 1.23. The number of rotatable bonds is 5. The molecular formula is C11H15N3O5. The van der Waals surface area contributed by atoms with Crippen molar-refractivity contribution in [2.45, 2.75) is 32.4 Å². The van der Waals surface area contributed by atoms with Crippen LogP contribution in [0.5, 0.6) is 0 Å². The van der Waals surface area contributed by atoms with Crippen molar-refractivity contribution in [3.8, 4) is 0 Å². The number of aromatic carboxylic acids is 1. The maximum absolute atomic E-state index is 11.1. The SMILES string of the molecule is CC(O)C(C)(C)Nc1ncc([N+](=O)[O-])cc1C(=O)O. The first-order chi connectivity index (χ1) is 8.65. The molecule has 3 N–H and O–H groups in total. The summed E-state index contributed by atoms with van der Waals surface area (Å²) in [4.78, 5) is 24.7. The zero-order chi connectivity index (χ0) is 14.8. The predicted octanol–water partition coefficient (Wildman–Crippen LogP) is 1.26. The van der Waals surface area contributed by atoms with Gasteiger partial charge in [-0.2, -0.15) is 0 Å². The van der Waals surface area contributed by atoms with E-state index in [2.05, 4.69) is 10.3 Å². The van der Waals surface area contributed by atoms with Crippen LogP contribution in [0.2, 0.25) is 0 Å². The van der Waals surface area contributed by atoms with E-state index in [9.17, 15) is 20.0 Å². The van der Waals surface area contributed by atoms with E-state index >= 15 is 0 Å². The van der Waals surface area contributed by atoms with E-state index in [0.29, 0.717) is 0 Å². The molecule has 0 fully saturated rings. The summed E-state index contributed by atoms with van der Waals surface area (Å²) in [7, 11) is 0. The van der Waals surface area contributed by atoms with Gasteiger partial charge in [0.25, 0.3) is 5.69 Å². The summed E-state index contributed by atoms with van der Waals surface area (Å²) < 4.78 is 0. The summed E-state index contributed by atoms with van der Waals surface area (Å²) in [6.07, 6.45) is 0.193. The number of aliphatic hydroxyl groups excluding tert-OH is 1. The quantitative estimate of drug-likeness (QED) is 0.542. The third-order valence-electron chi connectivity index (χ3n) is 2.80. The zero-order valence-corrected chi connectivity index (χ0v) is 10.7. The summed E-state index contributed by atoms with van der Waals surface area (Å²) in [5.74, 6) is -1.36. The van der Waals surface area contributed by atoms with E-state index in [4.69, 9.17) is 5.11 Å². The third-order valence-corrected chi connectivity index (χ3v) is 2.80. The number of carbonyl (C=O) groups is 1. The van der Waals surface area contributed by atoms with Gasteiger partial charge < -0.3 is 15.5 Å². The first-order valence-electron chi connectivity index (χ1n) is 5.49. The van der Waals surface area contributed by atoms with Crippen molar-refractivity contribution in [3.05, 3.63) is 27.9 Å². The molecule has 1 heterocycles. The van der Waals surface area contributed by atoms with Gasteiger partial charge in [-0.15, -0.1) is 0 Å². The monoisotopic (exact) mass is 269 g/mol. The van der Waals surface area contributed by atoms with Gasteiger partial charge in [0, 0.05) is 6.07 Å². The molecule has 19 heavy (non-hydrogen) atoms. The Morgan fingerprint density at radius 1 is 1.58 bits per heavy atom. The van der Waals surface area contributed by atoms with Crippen molar-refractivity contribution in [2.24, 2.45) is 0 Å². The highest BCUT2D eigenvalue weighted by molar-refractivity contribution is 5.93. The number of aromatic nitrogens is 1. The first-order valence-corrected chi connectivity index (χ1v) is 5.49. The average molecular weight is 269 g/mol. The zero-order valence-electron chi connectivity index (χ0n) is 10.7. The normalized spacial score (nSPS) is 12.8. The van der Waals surface area contributed by atoms with E-state index in [1.54, 1.807) is 20.8 Å². The molecular weight excluding hydrogens is 254 g/mol. The highest BCUT2D eigenvalue weighted by atomic mass is 16.6. The lowest BCUT2D eigenvalue weighted by atomic mass is 9.98. The van der Waals surface area contributed by atoms with Gasteiger partial charge in [0.05, 0.1) is 16.6 Å². The Balaban J connectivity index is 3.21. The van der Waals surface area contributed by atoms with Gasteiger partial charge in [-0.05, 0) is 20.8 Å². The molecule has 1 unspecified atom stereocenters. The van der Waals surface area contributed by atoms with Crippen molar-refractivity contribution in [2.75, 3.05) is 5.32 Å². The number of nitro groups is 1. The van der Waals surface area contributed by atoms with Crippen LogP contribution in [0.4, 0.5) is 11.5 Å². The fourth-order valence-corrected chi connectivity index (χ4v) is 1.23. The molecule has 0 spiro atoms. The minimum atomic E-state index is -1.33. The number of nitrogens with one attached hydrogen (secondary N) is 1. The first kappa shape index (κ1) is 14.8. The topological polar surface area (TPSA) is 126 Å². The van der Waals surface area contributed by atoms with Crippen LogP contribution in [-0.4, -0.2) is 37.7 Å². The van der Waals surface area contributed by atoms with Crippen LogP contribution in [0.1, 0.15) is 31.1 Å². The maximum atomic E-state index is 11.1. The van der Waals surface area contributed by atoms with Gasteiger partial charge in [0.1, 0.15) is 17.6 Å². The molecule has 1 aromatic heterocycles. The van der Waals surface area contributed by atoms with Crippen molar-refractivity contribution < 1.29 is 19.9 Å². The highest BCUT2D eigenvalue weighted by Gasteiger charge is 2.27. The van der Waals surface area contributed by atoms with E-state index in [1.165, 1.54) is 0 Å². The highest BCUT2D eigenvalue weighted by Crippen LogP contribution is 2.23. The van der Waals surface area contributed by atoms with Crippen molar-refractivity contribution in [1.29, 1.82) is 0 Å². The van der Waals surface area contributed by atoms with Gasteiger partial charge in [-0.1, -0.05) is 0 Å². The number of anilines is 1. The number of pyridine rings is 1. The summed E-state index contributed by atoms with van der Waals surface area (Å²) in [6, 6.07) is 0.926. The van der Waals surface area contributed by atoms with Gasteiger partial charge in [0.2, 0.25) is 0 Å². The Bertz CT molecular complexity index is 513. The van der Waals surface area contributed by atoms with E-state index < -0.39 is 28.2 Å². The van der Waals surface area contributed by atoms with Crippen LogP contribution in [0.15, 0.2) is 12.3 Å². The molecule has 0 saturated carbocycles. The molecule has 0 aliphatic carbocycles. The summed E-state index contributed by atoms with van der Waals surface area (Å²) in [6.45, 7) is 4.86. The minimum Gasteiger partial charge on any atom is -0.478 e. The Morgan fingerprint density at radius 3 is 2.58 bits per heavy atom. The van der Waals surface area contributed by atoms with Crippen LogP contribution in [0.3, 0.4) is 0 Å². The molecule has 0 aliphatic heterocycles. The van der Waals surface area contributed by atoms with Crippen molar-refractivity contribution in [1.82, 2.24) is 4.98 Å². The molecule has 1 aromatic rings. The Hall–Kier alpha value is -2.22. The summed E-state index contributed by atoms with van der Waals surface area (Å²) >= 11 is 0. The van der Waals surface area contributed by atoms with Crippen molar-refractivity contribution in [3.63, 3.8) is 0 Å². The lowest BCUT2D eigenvalue weighted by Gasteiger charge is -2.30. The Kier molecular flexibility index (Phi) is 4.05. The number of aliphatic hydroxyl groups is 1. The van der Waals surface area contributed by atoms with E-state index in [1.807, 2.05) is 0 Å². The van der Waals surface area contributed by atoms with Crippen LogP contribution in [-0.2, 0) is 0 Å². The molecule has 104 valence electrons. The number of carboxylic acids is 1. The smallest absolute Gasteiger partial charge is 0.339 e. The van der Waals surface area contributed by atoms with Gasteiger partial charge in [-0.25, -0.2) is 9.78 Å². The average Bonchev–Trinajstić information content (AvgIpc) is 2.28. The molecule has 8 heteroatoms. The predicted molar refractivity (Wildman–Crippen MR) is 67.2 cm³/mol. The summed E-state index contributed by atoms with van der Waals surface area (Å²) in [5, 5.41) is 32.0. The van der Waals surface area contributed by atoms with Gasteiger partial charge >= 0.3 is 5.97 Å². The molecule has 0 aromatic carbocycles. The summed E-state index contributed by atoms with van der Waals surface area (Å²) in [5.41, 5.74) is -1.55. The van der Waals surface area contributed by atoms with E-state index in [0.717, 1.165) is 12.3 Å². The number of carboxylic acid groups (broad SMARTS) is 1. The molecule has 0 saturated heterocycles. The molecule has 0 radical (unpaired) electrons. The fraction of sp³-hybridized carbons (Fsp3) is 0.455.